The number of hydrogen-bond donors (Lipinski definition) is 2. The molecule has 0 spiro atoms. The minimum atomic E-state index is -2.93. The van der Waals surface area contributed by atoms with Crippen molar-refractivity contribution in [1.29, 1.82) is 0 Å². The molecule has 1 aliphatic carbocycles. The first-order valence-electron chi connectivity index (χ1n) is 10.4. The molecule has 0 aromatic carbocycles. The molecule has 1 saturated heterocycles. The van der Waals surface area contributed by atoms with Crippen LogP contribution in [0.4, 0.5) is 14.6 Å². The van der Waals surface area contributed by atoms with Crippen LogP contribution in [0.25, 0.3) is 11.3 Å². The van der Waals surface area contributed by atoms with Gasteiger partial charge < -0.3 is 25.1 Å². The topological polar surface area (TPSA) is 89.3 Å². The molecule has 1 unspecified atom stereocenters. The molecule has 9 heteroatoms. The normalized spacial score (nSPS) is 19.0. The van der Waals surface area contributed by atoms with Gasteiger partial charge in [0.2, 0.25) is 0 Å². The number of ether oxygens (including phenoxy) is 2. The van der Waals surface area contributed by atoms with E-state index in [-0.39, 0.29) is 11.6 Å². The average Bonchev–Trinajstić information content (AvgIpc) is 3.22. The van der Waals surface area contributed by atoms with Crippen molar-refractivity contribution >= 4 is 5.82 Å². The maximum Gasteiger partial charge on any atom is 0.387 e. The van der Waals surface area contributed by atoms with Gasteiger partial charge >= 0.3 is 6.61 Å². The summed E-state index contributed by atoms with van der Waals surface area (Å²) in [6, 6.07) is 1.43. The van der Waals surface area contributed by atoms with E-state index in [2.05, 4.69) is 31.5 Å². The monoisotopic (exact) mass is 423 g/mol. The first kappa shape index (κ1) is 22.4. The lowest BCUT2D eigenvalue weighted by Crippen LogP contribution is -2.24. The first-order chi connectivity index (χ1) is 14.4. The Morgan fingerprint density at radius 1 is 1.27 bits per heavy atom. The quantitative estimate of drug-likeness (QED) is 0.675. The van der Waals surface area contributed by atoms with E-state index in [4.69, 9.17) is 10.5 Å². The zero-order valence-electron chi connectivity index (χ0n) is 17.6. The molecule has 2 aromatic heterocycles. The van der Waals surface area contributed by atoms with Gasteiger partial charge in [-0.3, -0.25) is 0 Å². The van der Waals surface area contributed by atoms with Gasteiger partial charge in [0.15, 0.2) is 11.6 Å². The molecule has 2 aliphatic rings. The van der Waals surface area contributed by atoms with Crippen LogP contribution in [0, 0.1) is 11.8 Å². The molecule has 3 N–H and O–H groups in total. The van der Waals surface area contributed by atoms with Gasteiger partial charge in [-0.05, 0) is 43.7 Å². The van der Waals surface area contributed by atoms with Gasteiger partial charge in [0.05, 0.1) is 18.5 Å². The lowest BCUT2D eigenvalue weighted by molar-refractivity contribution is -0.0494. The van der Waals surface area contributed by atoms with E-state index in [0.717, 1.165) is 37.2 Å². The SMILES string of the molecule is COCCN1CCC(C)C1.Nc1ncc(-c2cnc(CC3CC3)[nH]2)cc1OC(F)F. The zero-order chi connectivity index (χ0) is 21.5. The van der Waals surface area contributed by atoms with Crippen molar-refractivity contribution in [1.82, 2.24) is 19.9 Å². The highest BCUT2D eigenvalue weighted by molar-refractivity contribution is 5.63. The number of nitrogens with one attached hydrogen (secondary N) is 1. The van der Waals surface area contributed by atoms with Gasteiger partial charge in [-0.2, -0.15) is 8.78 Å². The molecule has 3 heterocycles. The fourth-order valence-electron chi connectivity index (χ4n) is 3.45. The summed E-state index contributed by atoms with van der Waals surface area (Å²) < 4.78 is 33.9. The predicted octanol–water partition coefficient (Wildman–Crippen LogP) is 3.58. The summed E-state index contributed by atoms with van der Waals surface area (Å²) in [7, 11) is 1.76. The molecule has 0 radical (unpaired) electrons. The van der Waals surface area contributed by atoms with Crippen molar-refractivity contribution in [3.05, 3.63) is 24.3 Å². The average molecular weight is 424 g/mol. The Morgan fingerprint density at radius 3 is 2.70 bits per heavy atom. The summed E-state index contributed by atoms with van der Waals surface area (Å²) >= 11 is 0. The molecule has 2 fully saturated rings. The van der Waals surface area contributed by atoms with Crippen LogP contribution in [-0.2, 0) is 11.2 Å². The number of nitrogens with zero attached hydrogens (tertiary/aromatic N) is 3. The van der Waals surface area contributed by atoms with Crippen molar-refractivity contribution in [2.45, 2.75) is 39.2 Å². The molecule has 1 saturated carbocycles. The van der Waals surface area contributed by atoms with Crippen molar-refractivity contribution in [2.24, 2.45) is 11.8 Å². The third-order valence-corrected chi connectivity index (χ3v) is 5.34. The number of nitrogens with two attached hydrogens (primary N) is 1. The Kier molecular flexibility index (Phi) is 7.98. The van der Waals surface area contributed by atoms with Gasteiger partial charge in [-0.15, -0.1) is 0 Å². The van der Waals surface area contributed by atoms with E-state index in [0.29, 0.717) is 11.3 Å². The van der Waals surface area contributed by atoms with Crippen LogP contribution in [0.5, 0.6) is 5.75 Å². The maximum absolute atomic E-state index is 12.3. The lowest BCUT2D eigenvalue weighted by Gasteiger charge is -2.13. The third-order valence-electron chi connectivity index (χ3n) is 5.34. The van der Waals surface area contributed by atoms with E-state index >= 15 is 0 Å². The zero-order valence-corrected chi connectivity index (χ0v) is 17.6. The molecular formula is C21H31F2N5O2. The molecular weight excluding hydrogens is 392 g/mol. The molecule has 7 nitrogen and oxygen atoms in total. The fourth-order valence-corrected chi connectivity index (χ4v) is 3.45. The first-order valence-corrected chi connectivity index (χ1v) is 10.4. The van der Waals surface area contributed by atoms with E-state index in [1.165, 1.54) is 44.6 Å². The van der Waals surface area contributed by atoms with Crippen LogP contribution in [0.1, 0.15) is 32.0 Å². The summed E-state index contributed by atoms with van der Waals surface area (Å²) in [5.74, 6) is 2.33. The smallest absolute Gasteiger partial charge is 0.387 e. The number of alkyl halides is 2. The number of pyridine rings is 1. The van der Waals surface area contributed by atoms with Gasteiger partial charge in [0, 0.05) is 38.4 Å². The molecule has 0 amide bonds. The van der Waals surface area contributed by atoms with Gasteiger partial charge in [-0.25, -0.2) is 9.97 Å². The second kappa shape index (κ2) is 10.7. The van der Waals surface area contributed by atoms with E-state index < -0.39 is 6.61 Å². The minimum absolute atomic E-state index is 0.0632. The van der Waals surface area contributed by atoms with Crippen molar-refractivity contribution in [3.63, 3.8) is 0 Å². The van der Waals surface area contributed by atoms with Gasteiger partial charge in [0.25, 0.3) is 0 Å². The molecule has 2 aromatic rings. The fraction of sp³-hybridized carbons (Fsp3) is 0.619. The van der Waals surface area contributed by atoms with E-state index in [1.54, 1.807) is 13.3 Å². The third kappa shape index (κ3) is 6.91. The number of hydrogen-bond acceptors (Lipinski definition) is 6. The molecule has 1 aliphatic heterocycles. The summed E-state index contributed by atoms with van der Waals surface area (Å²) in [6.07, 6.45) is 7.93. The van der Waals surface area contributed by atoms with Crippen LogP contribution < -0.4 is 10.5 Å². The molecule has 4 rings (SSSR count). The lowest BCUT2D eigenvalue weighted by atomic mass is 10.2. The molecule has 0 bridgehead atoms. The summed E-state index contributed by atoms with van der Waals surface area (Å²) in [5.41, 5.74) is 6.83. The van der Waals surface area contributed by atoms with Crippen LogP contribution in [0.3, 0.4) is 0 Å². The molecule has 30 heavy (non-hydrogen) atoms. The van der Waals surface area contributed by atoms with Crippen LogP contribution in [0.2, 0.25) is 0 Å². The van der Waals surface area contributed by atoms with Crippen LogP contribution in [-0.4, -0.2) is 59.8 Å². The van der Waals surface area contributed by atoms with Gasteiger partial charge in [-0.1, -0.05) is 6.92 Å². The van der Waals surface area contributed by atoms with Crippen LogP contribution >= 0.6 is 0 Å². The minimum Gasteiger partial charge on any atom is -0.431 e. The maximum atomic E-state index is 12.3. The standard InChI is InChI=1S/C13H14F2N4O.C8H17NO/c14-13(15)20-10-4-8(5-18-12(10)16)9-6-17-11(19-9)3-7-1-2-7;1-8-3-4-9(7-8)5-6-10-2/h4-7,13H,1-3H2,(H2,16,18)(H,17,19);8H,3-7H2,1-2H3. The Bertz CT molecular complexity index is 797. The summed E-state index contributed by atoms with van der Waals surface area (Å²) in [5, 5.41) is 0. The Balaban J connectivity index is 0.000000216. The Hall–Kier alpha value is -2.26. The van der Waals surface area contributed by atoms with Crippen LogP contribution in [0.15, 0.2) is 18.5 Å². The number of nitrogen functional groups attached to an aromatic ring is 1. The highest BCUT2D eigenvalue weighted by Gasteiger charge is 2.23. The second-order valence-corrected chi connectivity index (χ2v) is 8.06. The highest BCUT2D eigenvalue weighted by Crippen LogP contribution is 2.32. The number of H-pyrrole nitrogens is 1. The molecule has 1 atom stereocenters. The van der Waals surface area contributed by atoms with Crippen molar-refractivity contribution < 1.29 is 18.3 Å². The van der Waals surface area contributed by atoms with E-state index in [1.807, 2.05) is 0 Å². The van der Waals surface area contributed by atoms with E-state index in [9.17, 15) is 8.78 Å². The number of methoxy groups -OCH3 is 1. The number of halogens is 2. The number of anilines is 1. The van der Waals surface area contributed by atoms with Gasteiger partial charge in [0.1, 0.15) is 5.82 Å². The summed E-state index contributed by atoms with van der Waals surface area (Å²) in [4.78, 5) is 13.8. The number of imidazole rings is 1. The number of aromatic amines is 1. The molecule has 166 valence electrons. The Morgan fingerprint density at radius 2 is 2.07 bits per heavy atom. The number of rotatable bonds is 8. The second-order valence-electron chi connectivity index (χ2n) is 8.06. The Labute approximate surface area is 176 Å². The summed E-state index contributed by atoms with van der Waals surface area (Å²) in [6.45, 7) is 3.91. The van der Waals surface area contributed by atoms with Crippen molar-refractivity contribution in [3.8, 4) is 17.0 Å². The number of likely N-dealkylation sites (tertiary alicyclic amines) is 1. The predicted molar refractivity (Wildman–Crippen MR) is 111 cm³/mol. The largest absolute Gasteiger partial charge is 0.431 e. The number of aromatic nitrogens is 3. The highest BCUT2D eigenvalue weighted by atomic mass is 19.3. The van der Waals surface area contributed by atoms with Crippen molar-refractivity contribution in [2.75, 3.05) is 39.1 Å².